The minimum absolute atomic E-state index is 0.183. The van der Waals surface area contributed by atoms with Crippen LogP contribution in [0.25, 0.3) is 0 Å². The summed E-state index contributed by atoms with van der Waals surface area (Å²) in [6, 6.07) is 6.88. The fraction of sp³-hybridized carbons (Fsp3) is 0.273. The predicted molar refractivity (Wildman–Crippen MR) is 59.1 cm³/mol. The lowest BCUT2D eigenvalue weighted by molar-refractivity contribution is -0.118. The number of nitrogens with zero attached hydrogens (tertiary/aromatic N) is 1. The summed E-state index contributed by atoms with van der Waals surface area (Å²) >= 11 is 0. The van der Waals surface area contributed by atoms with Crippen LogP contribution in [0.4, 0.5) is 11.4 Å². The number of carbonyl (C=O) groups excluding carboxylic acids is 1. The minimum Gasteiger partial charge on any atom is -0.382 e. The minimum atomic E-state index is -0.411. The number of hydrogen-bond donors (Lipinski definition) is 2. The Bertz CT molecular complexity index is 465. The first-order valence-electron chi connectivity index (χ1n) is 4.85. The monoisotopic (exact) mass is 217 g/mol. The van der Waals surface area contributed by atoms with Gasteiger partial charge in [-0.1, -0.05) is 6.07 Å². The summed E-state index contributed by atoms with van der Waals surface area (Å²) in [4.78, 5) is 11.7. The average Bonchev–Trinajstić information content (AvgIpc) is 2.30. The molecule has 1 unspecified atom stereocenters. The maximum absolute atomic E-state index is 11.7. The summed E-state index contributed by atoms with van der Waals surface area (Å²) in [7, 11) is 1.54. The van der Waals surface area contributed by atoms with E-state index in [9.17, 15) is 4.79 Å². The second kappa shape index (κ2) is 4.21. The van der Waals surface area contributed by atoms with Crippen LogP contribution in [0.5, 0.6) is 0 Å². The normalized spacial score (nSPS) is 18.0. The van der Waals surface area contributed by atoms with E-state index in [1.165, 1.54) is 7.11 Å². The van der Waals surface area contributed by atoms with Gasteiger partial charge in [-0.2, -0.15) is 5.26 Å². The number of anilines is 2. The van der Waals surface area contributed by atoms with Crippen LogP contribution in [0.3, 0.4) is 0 Å². The topological polar surface area (TPSA) is 74.2 Å². The van der Waals surface area contributed by atoms with Gasteiger partial charge in [-0.15, -0.1) is 0 Å². The molecule has 0 saturated heterocycles. The van der Waals surface area contributed by atoms with Gasteiger partial charge in [0.05, 0.1) is 23.5 Å². The second-order valence-electron chi connectivity index (χ2n) is 3.48. The Morgan fingerprint density at radius 2 is 2.38 bits per heavy atom. The molecule has 0 fully saturated rings. The third-order valence-corrected chi connectivity index (χ3v) is 2.41. The van der Waals surface area contributed by atoms with Gasteiger partial charge in [0.25, 0.3) is 0 Å². The molecular formula is C11H11N3O2. The van der Waals surface area contributed by atoms with Gasteiger partial charge in [-0.05, 0) is 12.1 Å². The molecule has 5 nitrogen and oxygen atoms in total. The van der Waals surface area contributed by atoms with Gasteiger partial charge in [0.2, 0.25) is 5.91 Å². The van der Waals surface area contributed by atoms with Crippen molar-refractivity contribution in [3.63, 3.8) is 0 Å². The summed E-state index contributed by atoms with van der Waals surface area (Å²) in [6.45, 7) is 0.294. The van der Waals surface area contributed by atoms with Crippen molar-refractivity contribution in [2.45, 2.75) is 6.04 Å². The maximum Gasteiger partial charge on any atom is 0.249 e. The molecule has 0 radical (unpaired) electrons. The highest BCUT2D eigenvalue weighted by atomic mass is 16.5. The Morgan fingerprint density at radius 3 is 3.06 bits per heavy atom. The van der Waals surface area contributed by atoms with Gasteiger partial charge >= 0.3 is 0 Å². The molecule has 82 valence electrons. The van der Waals surface area contributed by atoms with E-state index in [2.05, 4.69) is 10.6 Å². The number of benzene rings is 1. The van der Waals surface area contributed by atoms with Crippen molar-refractivity contribution in [1.82, 2.24) is 0 Å². The summed E-state index contributed by atoms with van der Waals surface area (Å²) in [5.41, 5.74) is 1.75. The molecule has 1 amide bonds. The van der Waals surface area contributed by atoms with Crippen molar-refractivity contribution in [1.29, 1.82) is 5.26 Å². The number of ether oxygens (including phenoxy) is 1. The Kier molecular flexibility index (Phi) is 2.75. The van der Waals surface area contributed by atoms with Gasteiger partial charge in [0.15, 0.2) is 0 Å². The molecule has 0 aliphatic carbocycles. The Morgan fingerprint density at radius 1 is 1.56 bits per heavy atom. The smallest absolute Gasteiger partial charge is 0.249 e. The summed E-state index contributed by atoms with van der Waals surface area (Å²) < 4.78 is 4.93. The number of amides is 1. The van der Waals surface area contributed by atoms with E-state index in [4.69, 9.17) is 10.00 Å². The van der Waals surface area contributed by atoms with Gasteiger partial charge in [0.1, 0.15) is 12.1 Å². The molecule has 1 aromatic carbocycles. The van der Waals surface area contributed by atoms with Crippen molar-refractivity contribution >= 4 is 17.3 Å². The number of para-hydroxylation sites is 1. The predicted octanol–water partition coefficient (Wildman–Crippen LogP) is 0.937. The molecule has 1 aromatic rings. The second-order valence-corrected chi connectivity index (χ2v) is 3.48. The summed E-state index contributed by atoms with van der Waals surface area (Å²) in [5, 5.41) is 14.6. The van der Waals surface area contributed by atoms with E-state index in [0.717, 1.165) is 5.69 Å². The average molecular weight is 217 g/mol. The third-order valence-electron chi connectivity index (χ3n) is 2.41. The first kappa shape index (κ1) is 10.5. The molecule has 1 aliphatic heterocycles. The molecule has 2 rings (SSSR count). The lowest BCUT2D eigenvalue weighted by atomic mass is 10.1. The van der Waals surface area contributed by atoms with Gasteiger partial charge in [0, 0.05) is 7.11 Å². The van der Waals surface area contributed by atoms with Crippen LogP contribution in [-0.4, -0.2) is 25.7 Å². The highest BCUT2D eigenvalue weighted by molar-refractivity contribution is 6.04. The van der Waals surface area contributed by atoms with Crippen molar-refractivity contribution in [2.24, 2.45) is 0 Å². The van der Waals surface area contributed by atoms with Gasteiger partial charge in [-0.3, -0.25) is 4.79 Å². The first-order valence-corrected chi connectivity index (χ1v) is 4.85. The third kappa shape index (κ3) is 1.71. The lowest BCUT2D eigenvalue weighted by Gasteiger charge is -2.26. The standard InChI is InChI=1S/C11H11N3O2/c1-16-6-9-11(15)14-10-7(5-12)3-2-4-8(10)13-9/h2-4,9,13H,6H2,1H3,(H,14,15). The summed E-state index contributed by atoms with van der Waals surface area (Å²) in [6.07, 6.45) is 0. The molecule has 0 spiro atoms. The van der Waals surface area contributed by atoms with Crippen LogP contribution in [0, 0.1) is 11.3 Å². The van der Waals surface area contributed by atoms with Crippen LogP contribution in [0.1, 0.15) is 5.56 Å². The summed E-state index contributed by atoms with van der Waals surface area (Å²) in [5.74, 6) is -0.183. The van der Waals surface area contributed by atoms with Gasteiger partial charge in [-0.25, -0.2) is 0 Å². The number of methoxy groups -OCH3 is 1. The fourth-order valence-corrected chi connectivity index (χ4v) is 1.65. The van der Waals surface area contributed by atoms with E-state index in [1.807, 2.05) is 12.1 Å². The largest absolute Gasteiger partial charge is 0.382 e. The van der Waals surface area contributed by atoms with E-state index >= 15 is 0 Å². The number of nitrogens with one attached hydrogen (secondary N) is 2. The van der Waals surface area contributed by atoms with Crippen LogP contribution >= 0.6 is 0 Å². The number of rotatable bonds is 2. The highest BCUT2D eigenvalue weighted by Gasteiger charge is 2.26. The van der Waals surface area contributed by atoms with E-state index in [-0.39, 0.29) is 5.91 Å². The molecule has 1 aliphatic rings. The quantitative estimate of drug-likeness (QED) is 0.773. The molecule has 0 bridgehead atoms. The SMILES string of the molecule is COCC1Nc2cccc(C#N)c2NC1=O. The number of fused-ring (bicyclic) bond motifs is 1. The molecule has 5 heteroatoms. The van der Waals surface area contributed by atoms with Crippen molar-refractivity contribution in [2.75, 3.05) is 24.4 Å². The van der Waals surface area contributed by atoms with Crippen molar-refractivity contribution in [3.8, 4) is 6.07 Å². The van der Waals surface area contributed by atoms with Gasteiger partial charge < -0.3 is 15.4 Å². The molecule has 16 heavy (non-hydrogen) atoms. The number of nitriles is 1. The number of carbonyl (C=O) groups is 1. The van der Waals surface area contributed by atoms with E-state index in [1.54, 1.807) is 12.1 Å². The van der Waals surface area contributed by atoms with Crippen LogP contribution in [0.15, 0.2) is 18.2 Å². The zero-order chi connectivity index (χ0) is 11.5. The highest BCUT2D eigenvalue weighted by Crippen LogP contribution is 2.29. The molecule has 0 aromatic heterocycles. The molecular weight excluding hydrogens is 206 g/mol. The Balaban J connectivity index is 2.35. The maximum atomic E-state index is 11.7. The Hall–Kier alpha value is -2.06. The van der Waals surface area contributed by atoms with E-state index < -0.39 is 6.04 Å². The van der Waals surface area contributed by atoms with E-state index in [0.29, 0.717) is 17.9 Å². The molecule has 1 heterocycles. The molecule has 0 saturated carbocycles. The fourth-order valence-electron chi connectivity index (χ4n) is 1.65. The number of hydrogen-bond acceptors (Lipinski definition) is 4. The van der Waals surface area contributed by atoms with Crippen molar-refractivity contribution < 1.29 is 9.53 Å². The molecule has 2 N–H and O–H groups in total. The first-order chi connectivity index (χ1) is 7.76. The van der Waals surface area contributed by atoms with Crippen LogP contribution in [-0.2, 0) is 9.53 Å². The Labute approximate surface area is 93.0 Å². The zero-order valence-corrected chi connectivity index (χ0v) is 8.78. The lowest BCUT2D eigenvalue weighted by Crippen LogP contribution is -2.42. The molecule has 1 atom stereocenters. The van der Waals surface area contributed by atoms with Crippen molar-refractivity contribution in [3.05, 3.63) is 23.8 Å². The zero-order valence-electron chi connectivity index (χ0n) is 8.78. The van der Waals surface area contributed by atoms with Crippen LogP contribution in [0.2, 0.25) is 0 Å². The van der Waals surface area contributed by atoms with Crippen LogP contribution < -0.4 is 10.6 Å².